The normalized spacial score (nSPS) is 15.4. The molecule has 1 aliphatic heterocycles. The molecule has 0 unspecified atom stereocenters. The number of nitrogens with zero attached hydrogens (tertiary/aromatic N) is 2. The van der Waals surface area contributed by atoms with Crippen LogP contribution in [0.15, 0.2) is 59.6 Å². The van der Waals surface area contributed by atoms with E-state index in [9.17, 15) is 14.4 Å². The fourth-order valence-electron chi connectivity index (χ4n) is 3.34. The maximum absolute atomic E-state index is 12.8. The number of carbonyl (C=O) groups is 3. The molecule has 1 saturated heterocycles. The molecule has 3 amide bonds. The zero-order chi connectivity index (χ0) is 21.3. The van der Waals surface area contributed by atoms with Gasteiger partial charge in [0.2, 0.25) is 5.91 Å². The molecule has 2 heterocycles. The lowest BCUT2D eigenvalue weighted by Gasteiger charge is -2.12. The van der Waals surface area contributed by atoms with Gasteiger partial charge in [0.15, 0.2) is 0 Å². The molecule has 0 spiro atoms. The SMILES string of the molecule is CCn1cc(/C=C2\SC(=O)N(CC(=O)Nc3cccc(Cl)c3)C2=O)c2ccccc21. The number of rotatable bonds is 5. The quantitative estimate of drug-likeness (QED) is 0.568. The molecule has 6 nitrogen and oxygen atoms in total. The monoisotopic (exact) mass is 439 g/mol. The van der Waals surface area contributed by atoms with E-state index in [4.69, 9.17) is 11.6 Å². The average Bonchev–Trinajstić information content (AvgIpc) is 3.20. The summed E-state index contributed by atoms with van der Waals surface area (Å²) in [5, 5.41) is 3.67. The van der Waals surface area contributed by atoms with Gasteiger partial charge in [-0.1, -0.05) is 35.9 Å². The number of aromatic nitrogens is 1. The molecule has 0 atom stereocenters. The van der Waals surface area contributed by atoms with Gasteiger partial charge in [0.1, 0.15) is 6.54 Å². The van der Waals surface area contributed by atoms with Crippen LogP contribution in [-0.4, -0.2) is 33.1 Å². The van der Waals surface area contributed by atoms with Crippen molar-refractivity contribution >= 4 is 63.1 Å². The Bertz CT molecular complexity index is 1200. The summed E-state index contributed by atoms with van der Waals surface area (Å²) in [7, 11) is 0. The van der Waals surface area contributed by atoms with Gasteiger partial charge >= 0.3 is 0 Å². The molecule has 1 fully saturated rings. The minimum Gasteiger partial charge on any atom is -0.347 e. The Kier molecular flexibility index (Phi) is 5.65. The lowest BCUT2D eigenvalue weighted by Crippen LogP contribution is -2.36. The van der Waals surface area contributed by atoms with Crippen LogP contribution in [0.5, 0.6) is 0 Å². The second kappa shape index (κ2) is 8.38. The van der Waals surface area contributed by atoms with E-state index in [0.29, 0.717) is 15.6 Å². The van der Waals surface area contributed by atoms with Crippen molar-refractivity contribution in [2.24, 2.45) is 0 Å². The smallest absolute Gasteiger partial charge is 0.294 e. The second-order valence-corrected chi connectivity index (χ2v) is 8.14. The summed E-state index contributed by atoms with van der Waals surface area (Å²) in [5.74, 6) is -0.942. The molecule has 2 aromatic carbocycles. The molecule has 0 aliphatic carbocycles. The number of benzene rings is 2. The zero-order valence-corrected chi connectivity index (χ0v) is 17.7. The first-order valence-corrected chi connectivity index (χ1v) is 10.5. The van der Waals surface area contributed by atoms with E-state index in [-0.39, 0.29) is 6.54 Å². The number of halogens is 1. The number of aryl methyl sites for hydroxylation is 1. The third-order valence-electron chi connectivity index (χ3n) is 4.73. The summed E-state index contributed by atoms with van der Waals surface area (Å²) in [6.45, 7) is 2.48. The molecule has 1 aliphatic rings. The Labute approximate surface area is 182 Å². The van der Waals surface area contributed by atoms with Crippen LogP contribution in [0.3, 0.4) is 0 Å². The highest BCUT2D eigenvalue weighted by atomic mass is 35.5. The Hall–Kier alpha value is -3.03. The summed E-state index contributed by atoms with van der Waals surface area (Å²) >= 11 is 6.75. The van der Waals surface area contributed by atoms with Crippen molar-refractivity contribution in [3.63, 3.8) is 0 Å². The van der Waals surface area contributed by atoms with E-state index < -0.39 is 17.1 Å². The number of anilines is 1. The Morgan fingerprint density at radius 2 is 1.97 bits per heavy atom. The van der Waals surface area contributed by atoms with Crippen molar-refractivity contribution in [1.29, 1.82) is 0 Å². The van der Waals surface area contributed by atoms with Crippen LogP contribution in [0.4, 0.5) is 10.5 Å². The van der Waals surface area contributed by atoms with Crippen LogP contribution in [0.2, 0.25) is 5.02 Å². The van der Waals surface area contributed by atoms with Crippen LogP contribution >= 0.6 is 23.4 Å². The lowest BCUT2D eigenvalue weighted by molar-refractivity contribution is -0.127. The van der Waals surface area contributed by atoms with E-state index in [0.717, 1.165) is 39.7 Å². The van der Waals surface area contributed by atoms with Crippen LogP contribution in [0.25, 0.3) is 17.0 Å². The number of hydrogen-bond donors (Lipinski definition) is 1. The highest BCUT2D eigenvalue weighted by molar-refractivity contribution is 8.18. The number of fused-ring (bicyclic) bond motifs is 1. The number of amides is 3. The summed E-state index contributed by atoms with van der Waals surface area (Å²) in [6.07, 6.45) is 3.68. The van der Waals surface area contributed by atoms with Crippen molar-refractivity contribution in [2.75, 3.05) is 11.9 Å². The predicted octanol–water partition coefficient (Wildman–Crippen LogP) is 4.99. The van der Waals surface area contributed by atoms with Crippen molar-refractivity contribution in [3.8, 4) is 0 Å². The van der Waals surface area contributed by atoms with Gasteiger partial charge in [-0.2, -0.15) is 0 Å². The van der Waals surface area contributed by atoms with E-state index >= 15 is 0 Å². The van der Waals surface area contributed by atoms with Gasteiger partial charge in [-0.15, -0.1) is 0 Å². The standard InChI is InChI=1S/C22H18ClN3O3S/c1-2-25-12-14(17-8-3-4-9-18(17)25)10-19-21(28)26(22(29)30-19)13-20(27)24-16-7-5-6-15(23)11-16/h3-12H,2,13H2,1H3,(H,24,27)/b19-10-. The fraction of sp³-hybridized carbons (Fsp3) is 0.136. The largest absolute Gasteiger partial charge is 0.347 e. The van der Waals surface area contributed by atoms with Gasteiger partial charge in [0, 0.05) is 39.9 Å². The minimum absolute atomic E-state index is 0.301. The fourth-order valence-corrected chi connectivity index (χ4v) is 4.36. The lowest BCUT2D eigenvalue weighted by atomic mass is 10.1. The first kappa shape index (κ1) is 20.3. The number of thioether (sulfide) groups is 1. The molecule has 4 rings (SSSR count). The van der Waals surface area contributed by atoms with Crippen LogP contribution < -0.4 is 5.32 Å². The van der Waals surface area contributed by atoms with Gasteiger partial charge in [0.25, 0.3) is 11.1 Å². The summed E-state index contributed by atoms with van der Waals surface area (Å²) < 4.78 is 2.09. The average molecular weight is 440 g/mol. The third kappa shape index (κ3) is 3.99. The molecule has 0 saturated carbocycles. The highest BCUT2D eigenvalue weighted by Crippen LogP contribution is 2.34. The molecular formula is C22H18ClN3O3S. The molecule has 1 N–H and O–H groups in total. The Morgan fingerprint density at radius 1 is 1.17 bits per heavy atom. The molecule has 30 heavy (non-hydrogen) atoms. The number of imide groups is 1. The number of hydrogen-bond acceptors (Lipinski definition) is 4. The predicted molar refractivity (Wildman–Crippen MR) is 120 cm³/mol. The van der Waals surface area contributed by atoms with Gasteiger partial charge in [0.05, 0.1) is 4.91 Å². The summed E-state index contributed by atoms with van der Waals surface area (Å²) in [4.78, 5) is 38.7. The third-order valence-corrected chi connectivity index (χ3v) is 5.87. The Morgan fingerprint density at radius 3 is 2.73 bits per heavy atom. The maximum atomic E-state index is 12.8. The van der Waals surface area contributed by atoms with Gasteiger partial charge in [-0.05, 0) is 49.0 Å². The van der Waals surface area contributed by atoms with Crippen molar-refractivity contribution in [3.05, 3.63) is 70.2 Å². The molecule has 0 radical (unpaired) electrons. The highest BCUT2D eigenvalue weighted by Gasteiger charge is 2.36. The number of para-hydroxylation sites is 1. The molecule has 0 bridgehead atoms. The molecule has 8 heteroatoms. The first-order chi connectivity index (χ1) is 14.5. The maximum Gasteiger partial charge on any atom is 0.294 e. The number of carbonyl (C=O) groups excluding carboxylic acids is 3. The zero-order valence-electron chi connectivity index (χ0n) is 16.1. The molecule has 152 valence electrons. The minimum atomic E-state index is -0.473. The van der Waals surface area contributed by atoms with Crippen LogP contribution in [-0.2, 0) is 16.1 Å². The topological polar surface area (TPSA) is 71.4 Å². The van der Waals surface area contributed by atoms with Gasteiger partial charge < -0.3 is 9.88 Å². The second-order valence-electron chi connectivity index (χ2n) is 6.71. The van der Waals surface area contributed by atoms with E-state index in [1.165, 1.54) is 0 Å². The van der Waals surface area contributed by atoms with Crippen LogP contribution in [0.1, 0.15) is 12.5 Å². The van der Waals surface area contributed by atoms with E-state index in [1.54, 1.807) is 30.3 Å². The van der Waals surface area contributed by atoms with E-state index in [1.807, 2.05) is 37.4 Å². The first-order valence-electron chi connectivity index (χ1n) is 9.35. The van der Waals surface area contributed by atoms with Crippen molar-refractivity contribution in [2.45, 2.75) is 13.5 Å². The Balaban J connectivity index is 1.54. The number of nitrogens with one attached hydrogen (secondary N) is 1. The summed E-state index contributed by atoms with van der Waals surface area (Å²) in [5.41, 5.74) is 2.43. The van der Waals surface area contributed by atoms with Crippen molar-refractivity contribution in [1.82, 2.24) is 9.47 Å². The van der Waals surface area contributed by atoms with Gasteiger partial charge in [-0.3, -0.25) is 19.3 Å². The van der Waals surface area contributed by atoms with Crippen molar-refractivity contribution < 1.29 is 14.4 Å². The molecule has 3 aromatic rings. The van der Waals surface area contributed by atoms with Crippen LogP contribution in [0, 0.1) is 0 Å². The van der Waals surface area contributed by atoms with Gasteiger partial charge in [-0.25, -0.2) is 0 Å². The van der Waals surface area contributed by atoms with E-state index in [2.05, 4.69) is 9.88 Å². The summed E-state index contributed by atoms with van der Waals surface area (Å²) in [6, 6.07) is 14.6. The molecule has 1 aromatic heterocycles. The molecular weight excluding hydrogens is 422 g/mol.